The van der Waals surface area contributed by atoms with Gasteiger partial charge in [0.2, 0.25) is 0 Å². The van der Waals surface area contributed by atoms with Crippen molar-refractivity contribution >= 4 is 17.7 Å². The number of carbonyl (C=O) groups is 1. The van der Waals surface area contributed by atoms with E-state index in [0.29, 0.717) is 11.3 Å². The lowest BCUT2D eigenvalue weighted by atomic mass is 10.1. The van der Waals surface area contributed by atoms with E-state index in [1.54, 1.807) is 18.9 Å². The average Bonchev–Trinajstić information content (AvgIpc) is 2.96. The van der Waals surface area contributed by atoms with E-state index in [-0.39, 0.29) is 11.9 Å². The number of benzene rings is 1. The molecule has 0 bridgehead atoms. The summed E-state index contributed by atoms with van der Waals surface area (Å²) in [6.45, 7) is 5.76. The molecular formula is C18H22N2O2S. The van der Waals surface area contributed by atoms with Gasteiger partial charge in [-0.25, -0.2) is 0 Å². The number of rotatable bonds is 3. The zero-order chi connectivity index (χ0) is 16.6. The summed E-state index contributed by atoms with van der Waals surface area (Å²) >= 11 is 1.64. The molecule has 1 aromatic heterocycles. The Hall–Kier alpha value is -1.88. The van der Waals surface area contributed by atoms with Gasteiger partial charge in [0.05, 0.1) is 18.7 Å². The van der Waals surface area contributed by atoms with Crippen molar-refractivity contribution < 1.29 is 9.53 Å². The van der Waals surface area contributed by atoms with Crippen molar-refractivity contribution in [1.82, 2.24) is 9.47 Å². The molecule has 2 heterocycles. The van der Waals surface area contributed by atoms with E-state index in [2.05, 4.69) is 30.5 Å². The van der Waals surface area contributed by atoms with Crippen LogP contribution in [0.15, 0.2) is 35.2 Å². The lowest BCUT2D eigenvalue weighted by molar-refractivity contribution is 0.0639. The zero-order valence-electron chi connectivity index (χ0n) is 14.0. The summed E-state index contributed by atoms with van der Waals surface area (Å²) in [4.78, 5) is 16.1. The van der Waals surface area contributed by atoms with Gasteiger partial charge in [0.1, 0.15) is 5.75 Å². The molecule has 0 N–H and O–H groups in total. The highest BCUT2D eigenvalue weighted by Crippen LogP contribution is 2.32. The number of ether oxygens (including phenoxy) is 1. The Kier molecular flexibility index (Phi) is 4.39. The van der Waals surface area contributed by atoms with Gasteiger partial charge in [0.15, 0.2) is 0 Å². The Morgan fingerprint density at radius 1 is 1.26 bits per heavy atom. The molecule has 0 saturated heterocycles. The Morgan fingerprint density at radius 2 is 2.04 bits per heavy atom. The smallest absolute Gasteiger partial charge is 0.258 e. The number of aryl methyl sites for hydroxylation is 1. The number of hydrogen-bond acceptors (Lipinski definition) is 3. The second kappa shape index (κ2) is 6.32. The number of aromatic nitrogens is 1. The first kappa shape index (κ1) is 16.0. The standard InChI is InChI=1S/C18H22N2O2S/c1-12-5-8-16-13(2)20(10-9-19(12)16)18(21)15-7-6-14(23-4)11-17(15)22-3/h5-8,11,13H,9-10H2,1-4H3/t13-/m1/s1. The predicted molar refractivity (Wildman–Crippen MR) is 93.4 cm³/mol. The van der Waals surface area contributed by atoms with Crippen molar-refractivity contribution in [3.63, 3.8) is 0 Å². The van der Waals surface area contributed by atoms with E-state index < -0.39 is 0 Å². The third kappa shape index (κ3) is 2.74. The van der Waals surface area contributed by atoms with Gasteiger partial charge in [-0.1, -0.05) is 0 Å². The summed E-state index contributed by atoms with van der Waals surface area (Å²) in [7, 11) is 1.62. The molecule has 5 heteroatoms. The highest BCUT2D eigenvalue weighted by Gasteiger charge is 2.30. The second-order valence-electron chi connectivity index (χ2n) is 5.79. The van der Waals surface area contributed by atoms with E-state index in [4.69, 9.17) is 4.74 Å². The molecule has 0 fully saturated rings. The maximum Gasteiger partial charge on any atom is 0.258 e. The molecule has 0 unspecified atom stereocenters. The van der Waals surface area contributed by atoms with Gasteiger partial charge in [0.25, 0.3) is 5.91 Å². The molecule has 0 radical (unpaired) electrons. The third-order valence-electron chi connectivity index (χ3n) is 4.59. The van der Waals surface area contributed by atoms with Crippen LogP contribution in [0, 0.1) is 6.92 Å². The summed E-state index contributed by atoms with van der Waals surface area (Å²) in [5.74, 6) is 0.679. The predicted octanol–water partition coefficient (Wildman–Crippen LogP) is 3.74. The van der Waals surface area contributed by atoms with Crippen molar-refractivity contribution in [2.45, 2.75) is 31.3 Å². The van der Waals surface area contributed by atoms with Crippen molar-refractivity contribution in [2.24, 2.45) is 0 Å². The van der Waals surface area contributed by atoms with Crippen LogP contribution in [0.1, 0.15) is 34.7 Å². The number of methoxy groups -OCH3 is 1. The van der Waals surface area contributed by atoms with Gasteiger partial charge in [0, 0.05) is 29.4 Å². The summed E-state index contributed by atoms with van der Waals surface area (Å²) in [5, 5.41) is 0. The highest BCUT2D eigenvalue weighted by atomic mass is 32.2. The fourth-order valence-electron chi connectivity index (χ4n) is 3.23. The second-order valence-corrected chi connectivity index (χ2v) is 6.67. The molecule has 2 aromatic rings. The molecule has 1 aliphatic rings. The minimum Gasteiger partial charge on any atom is -0.496 e. The quantitative estimate of drug-likeness (QED) is 0.804. The van der Waals surface area contributed by atoms with Crippen LogP contribution in [-0.4, -0.2) is 35.3 Å². The summed E-state index contributed by atoms with van der Waals surface area (Å²) < 4.78 is 7.74. The molecule has 1 atom stereocenters. The molecule has 1 aromatic carbocycles. The van der Waals surface area contributed by atoms with Crippen LogP contribution < -0.4 is 4.74 Å². The topological polar surface area (TPSA) is 34.5 Å². The first-order valence-corrected chi connectivity index (χ1v) is 8.98. The lowest BCUT2D eigenvalue weighted by Gasteiger charge is -2.35. The largest absolute Gasteiger partial charge is 0.496 e. The van der Waals surface area contributed by atoms with Crippen LogP contribution in [0.2, 0.25) is 0 Å². The average molecular weight is 330 g/mol. The fourth-order valence-corrected chi connectivity index (χ4v) is 3.66. The summed E-state index contributed by atoms with van der Waals surface area (Å²) in [5.41, 5.74) is 3.08. The zero-order valence-corrected chi connectivity index (χ0v) is 14.8. The van der Waals surface area contributed by atoms with E-state index >= 15 is 0 Å². The minimum absolute atomic E-state index is 0.0344. The van der Waals surface area contributed by atoms with Crippen molar-refractivity contribution in [1.29, 1.82) is 0 Å². The molecule has 122 valence electrons. The van der Waals surface area contributed by atoms with Crippen molar-refractivity contribution in [3.05, 3.63) is 47.3 Å². The Morgan fingerprint density at radius 3 is 2.74 bits per heavy atom. The molecule has 1 aliphatic heterocycles. The normalized spacial score (nSPS) is 17.0. The Balaban J connectivity index is 1.92. The molecule has 0 saturated carbocycles. The van der Waals surface area contributed by atoms with Crippen molar-refractivity contribution in [3.8, 4) is 5.75 Å². The maximum absolute atomic E-state index is 13.0. The first-order valence-electron chi connectivity index (χ1n) is 7.76. The number of amides is 1. The highest BCUT2D eigenvalue weighted by molar-refractivity contribution is 7.98. The van der Waals surface area contributed by atoms with E-state index in [1.165, 1.54) is 11.4 Å². The molecule has 0 aliphatic carbocycles. The van der Waals surface area contributed by atoms with E-state index in [1.807, 2.05) is 29.4 Å². The van der Waals surface area contributed by atoms with Crippen LogP contribution >= 0.6 is 11.8 Å². The van der Waals surface area contributed by atoms with Gasteiger partial charge < -0.3 is 14.2 Å². The Bertz CT molecular complexity index is 739. The van der Waals surface area contributed by atoms with Crippen LogP contribution in [0.25, 0.3) is 0 Å². The monoisotopic (exact) mass is 330 g/mol. The summed E-state index contributed by atoms with van der Waals surface area (Å²) in [6.07, 6.45) is 2.01. The third-order valence-corrected chi connectivity index (χ3v) is 5.32. The van der Waals surface area contributed by atoms with Crippen LogP contribution in [-0.2, 0) is 6.54 Å². The molecule has 4 nitrogen and oxygen atoms in total. The number of carbonyl (C=O) groups excluding carboxylic acids is 1. The van der Waals surface area contributed by atoms with Crippen molar-refractivity contribution in [2.75, 3.05) is 19.9 Å². The number of nitrogens with zero attached hydrogens (tertiary/aromatic N) is 2. The number of hydrogen-bond donors (Lipinski definition) is 0. The lowest BCUT2D eigenvalue weighted by Crippen LogP contribution is -2.41. The summed E-state index contributed by atoms with van der Waals surface area (Å²) in [6, 6.07) is 10.1. The van der Waals surface area contributed by atoms with Gasteiger partial charge in [-0.2, -0.15) is 0 Å². The van der Waals surface area contributed by atoms with Gasteiger partial charge in [-0.05, 0) is 50.4 Å². The van der Waals surface area contributed by atoms with Gasteiger partial charge in [-0.15, -0.1) is 11.8 Å². The molecule has 1 amide bonds. The van der Waals surface area contributed by atoms with Crippen LogP contribution in [0.5, 0.6) is 5.75 Å². The van der Waals surface area contributed by atoms with E-state index in [9.17, 15) is 4.79 Å². The maximum atomic E-state index is 13.0. The molecule has 0 spiro atoms. The molecule has 3 rings (SSSR count). The number of thioether (sulfide) groups is 1. The number of fused-ring (bicyclic) bond motifs is 1. The minimum atomic E-state index is 0.0344. The SMILES string of the molecule is COc1cc(SC)ccc1C(=O)N1CCn2c(C)ccc2[C@H]1C. The van der Waals surface area contributed by atoms with Gasteiger partial charge in [-0.3, -0.25) is 4.79 Å². The molecular weight excluding hydrogens is 308 g/mol. The van der Waals surface area contributed by atoms with Crippen LogP contribution in [0.3, 0.4) is 0 Å². The van der Waals surface area contributed by atoms with Gasteiger partial charge >= 0.3 is 0 Å². The fraction of sp³-hybridized carbons (Fsp3) is 0.389. The van der Waals surface area contributed by atoms with E-state index in [0.717, 1.165) is 18.0 Å². The van der Waals surface area contributed by atoms with Crippen LogP contribution in [0.4, 0.5) is 0 Å². The Labute approximate surface area is 141 Å². The first-order chi connectivity index (χ1) is 11.1. The molecule has 23 heavy (non-hydrogen) atoms.